The molecule has 1 heterocycles. The van der Waals surface area contributed by atoms with Gasteiger partial charge >= 0.3 is 0 Å². The van der Waals surface area contributed by atoms with E-state index in [1.165, 1.54) is 18.2 Å². The van der Waals surface area contributed by atoms with Crippen molar-refractivity contribution in [3.63, 3.8) is 0 Å². The van der Waals surface area contributed by atoms with Crippen molar-refractivity contribution in [1.82, 2.24) is 15.1 Å². The van der Waals surface area contributed by atoms with Crippen LogP contribution >= 0.6 is 0 Å². The van der Waals surface area contributed by atoms with Gasteiger partial charge in [0, 0.05) is 23.9 Å². The minimum absolute atomic E-state index is 0.0977. The van der Waals surface area contributed by atoms with E-state index >= 15 is 0 Å². The van der Waals surface area contributed by atoms with E-state index in [0.29, 0.717) is 6.54 Å². The summed E-state index contributed by atoms with van der Waals surface area (Å²) in [5, 5.41) is 7.36. The number of nitrogens with zero attached hydrogens (tertiary/aromatic N) is 2. The number of hydrogen-bond donors (Lipinski definition) is 1. The van der Waals surface area contributed by atoms with E-state index < -0.39 is 0 Å². The second-order valence-corrected chi connectivity index (χ2v) is 5.80. The van der Waals surface area contributed by atoms with Gasteiger partial charge in [-0.1, -0.05) is 19.8 Å². The highest BCUT2D eigenvalue weighted by Gasteiger charge is 2.11. The minimum Gasteiger partial charge on any atom is -0.353 e. The Morgan fingerprint density at radius 1 is 1.25 bits per heavy atom. The number of unbranched alkanes of at least 4 members (excludes halogenated alkanes) is 2. The molecule has 1 aromatic heterocycles. The standard InChI is InChI=1S/C19H24FN3O/c1-4-5-6-13-21-19(24)12-11-18-14(2)22-23(15(18)3)17-9-7-16(20)8-10-17/h7-12H,4-6,13H2,1-3H3,(H,21,24)/b12-11+. The molecule has 4 nitrogen and oxygen atoms in total. The van der Waals surface area contributed by atoms with Crippen LogP contribution in [0.25, 0.3) is 11.8 Å². The zero-order valence-corrected chi connectivity index (χ0v) is 14.5. The number of amides is 1. The number of aromatic nitrogens is 2. The smallest absolute Gasteiger partial charge is 0.244 e. The number of carbonyl (C=O) groups is 1. The van der Waals surface area contributed by atoms with Gasteiger partial charge in [0.2, 0.25) is 5.91 Å². The van der Waals surface area contributed by atoms with Gasteiger partial charge in [0.25, 0.3) is 0 Å². The summed E-state index contributed by atoms with van der Waals surface area (Å²) in [6.45, 7) is 6.66. The van der Waals surface area contributed by atoms with Crippen molar-refractivity contribution in [3.05, 3.63) is 53.1 Å². The summed E-state index contributed by atoms with van der Waals surface area (Å²) in [5.74, 6) is -0.375. The van der Waals surface area contributed by atoms with Crippen LogP contribution in [0.4, 0.5) is 4.39 Å². The number of halogens is 1. The number of rotatable bonds is 7. The Morgan fingerprint density at radius 2 is 1.96 bits per heavy atom. The number of hydrogen-bond acceptors (Lipinski definition) is 2. The van der Waals surface area contributed by atoms with Crippen LogP contribution < -0.4 is 5.32 Å². The molecule has 0 saturated heterocycles. The lowest BCUT2D eigenvalue weighted by Gasteiger charge is -2.04. The van der Waals surface area contributed by atoms with Gasteiger partial charge in [-0.3, -0.25) is 4.79 Å². The highest BCUT2D eigenvalue weighted by molar-refractivity contribution is 5.92. The van der Waals surface area contributed by atoms with Gasteiger partial charge in [0.1, 0.15) is 5.82 Å². The van der Waals surface area contributed by atoms with Gasteiger partial charge in [-0.25, -0.2) is 9.07 Å². The molecule has 0 aliphatic carbocycles. The van der Waals surface area contributed by atoms with Gasteiger partial charge in [-0.05, 0) is 50.6 Å². The first-order valence-corrected chi connectivity index (χ1v) is 8.31. The van der Waals surface area contributed by atoms with E-state index in [1.54, 1.807) is 22.9 Å². The molecule has 0 bridgehead atoms. The monoisotopic (exact) mass is 329 g/mol. The van der Waals surface area contributed by atoms with Gasteiger partial charge < -0.3 is 5.32 Å². The molecule has 0 fully saturated rings. The van der Waals surface area contributed by atoms with E-state index in [4.69, 9.17) is 0 Å². The number of carbonyl (C=O) groups excluding carboxylic acids is 1. The summed E-state index contributed by atoms with van der Waals surface area (Å²) >= 11 is 0. The van der Waals surface area contributed by atoms with Crippen molar-refractivity contribution < 1.29 is 9.18 Å². The van der Waals surface area contributed by atoms with Crippen LogP contribution in [0.15, 0.2) is 30.3 Å². The molecule has 0 spiro atoms. The third-order valence-electron chi connectivity index (χ3n) is 3.90. The molecular formula is C19H24FN3O. The van der Waals surface area contributed by atoms with Crippen LogP contribution in [0.2, 0.25) is 0 Å². The van der Waals surface area contributed by atoms with Crippen molar-refractivity contribution in [1.29, 1.82) is 0 Å². The highest BCUT2D eigenvalue weighted by atomic mass is 19.1. The summed E-state index contributed by atoms with van der Waals surface area (Å²) in [5.41, 5.74) is 3.43. The third-order valence-corrected chi connectivity index (χ3v) is 3.90. The zero-order valence-electron chi connectivity index (χ0n) is 14.5. The maximum absolute atomic E-state index is 13.1. The Bertz CT molecular complexity index is 717. The topological polar surface area (TPSA) is 46.9 Å². The van der Waals surface area contributed by atoms with Crippen LogP contribution in [0, 0.1) is 19.7 Å². The minimum atomic E-state index is -0.278. The molecule has 2 rings (SSSR count). The summed E-state index contributed by atoms with van der Waals surface area (Å²) in [6, 6.07) is 6.18. The maximum atomic E-state index is 13.1. The second kappa shape index (κ2) is 8.43. The highest BCUT2D eigenvalue weighted by Crippen LogP contribution is 2.19. The molecule has 128 valence electrons. The molecule has 2 aromatic rings. The molecule has 1 N–H and O–H groups in total. The fraction of sp³-hybridized carbons (Fsp3) is 0.368. The lowest BCUT2D eigenvalue weighted by Crippen LogP contribution is -2.21. The lowest BCUT2D eigenvalue weighted by atomic mass is 10.2. The summed E-state index contributed by atoms with van der Waals surface area (Å²) < 4.78 is 14.8. The normalized spacial score (nSPS) is 11.2. The quantitative estimate of drug-likeness (QED) is 0.617. The zero-order chi connectivity index (χ0) is 17.5. The molecule has 0 atom stereocenters. The Labute approximate surface area is 142 Å². The van der Waals surface area contributed by atoms with Crippen LogP contribution in [-0.2, 0) is 4.79 Å². The van der Waals surface area contributed by atoms with Gasteiger partial charge in [0.05, 0.1) is 11.4 Å². The molecule has 0 saturated carbocycles. The predicted octanol–water partition coefficient (Wildman–Crippen LogP) is 3.95. The lowest BCUT2D eigenvalue weighted by molar-refractivity contribution is -0.116. The number of benzene rings is 1. The van der Waals surface area contributed by atoms with E-state index in [2.05, 4.69) is 17.3 Å². The van der Waals surface area contributed by atoms with Crippen molar-refractivity contribution in [3.8, 4) is 5.69 Å². The van der Waals surface area contributed by atoms with Crippen LogP contribution in [0.5, 0.6) is 0 Å². The van der Waals surface area contributed by atoms with Crippen LogP contribution in [0.1, 0.15) is 43.1 Å². The van der Waals surface area contributed by atoms with E-state index in [1.807, 2.05) is 13.8 Å². The second-order valence-electron chi connectivity index (χ2n) is 5.80. The average molecular weight is 329 g/mol. The predicted molar refractivity (Wildman–Crippen MR) is 94.6 cm³/mol. The molecule has 1 aromatic carbocycles. The molecule has 0 unspecified atom stereocenters. The molecule has 0 radical (unpaired) electrons. The Hall–Kier alpha value is -2.43. The molecule has 5 heteroatoms. The van der Waals surface area contributed by atoms with Gasteiger partial charge in [-0.2, -0.15) is 5.10 Å². The SMILES string of the molecule is CCCCCNC(=O)/C=C/c1c(C)nn(-c2ccc(F)cc2)c1C. The van der Waals surface area contributed by atoms with Crippen LogP contribution in [-0.4, -0.2) is 22.2 Å². The Kier molecular flexibility index (Phi) is 6.29. The molecule has 24 heavy (non-hydrogen) atoms. The maximum Gasteiger partial charge on any atom is 0.244 e. The average Bonchev–Trinajstić information content (AvgIpc) is 2.85. The Morgan fingerprint density at radius 3 is 2.62 bits per heavy atom. The molecule has 0 aliphatic heterocycles. The van der Waals surface area contributed by atoms with Crippen molar-refractivity contribution in [2.75, 3.05) is 6.54 Å². The third kappa shape index (κ3) is 4.54. The molecule has 0 aliphatic rings. The fourth-order valence-corrected chi connectivity index (χ4v) is 2.53. The van der Waals surface area contributed by atoms with Crippen molar-refractivity contribution in [2.24, 2.45) is 0 Å². The van der Waals surface area contributed by atoms with Gasteiger partial charge in [0.15, 0.2) is 0 Å². The molecular weight excluding hydrogens is 305 g/mol. The van der Waals surface area contributed by atoms with E-state index in [0.717, 1.165) is 41.9 Å². The van der Waals surface area contributed by atoms with Crippen molar-refractivity contribution >= 4 is 12.0 Å². The molecule has 1 amide bonds. The fourth-order valence-electron chi connectivity index (χ4n) is 2.53. The van der Waals surface area contributed by atoms with E-state index in [9.17, 15) is 9.18 Å². The van der Waals surface area contributed by atoms with Gasteiger partial charge in [-0.15, -0.1) is 0 Å². The van der Waals surface area contributed by atoms with E-state index in [-0.39, 0.29) is 11.7 Å². The van der Waals surface area contributed by atoms with Crippen molar-refractivity contribution in [2.45, 2.75) is 40.0 Å². The first kappa shape index (κ1) is 17.9. The first-order chi connectivity index (χ1) is 11.5. The summed E-state index contributed by atoms with van der Waals surface area (Å²) in [4.78, 5) is 11.8. The largest absolute Gasteiger partial charge is 0.353 e. The first-order valence-electron chi connectivity index (χ1n) is 8.31. The van der Waals surface area contributed by atoms with Crippen LogP contribution in [0.3, 0.4) is 0 Å². The number of aryl methyl sites for hydroxylation is 1. The Balaban J connectivity index is 2.10. The number of nitrogens with one attached hydrogen (secondary N) is 1. The summed E-state index contributed by atoms with van der Waals surface area (Å²) in [7, 11) is 0. The summed E-state index contributed by atoms with van der Waals surface area (Å²) in [6.07, 6.45) is 6.57.